The standard InChI is InChI=1S/C11H19N3O4S/c1-4-9(5-2)13(3)19(17,18)10-6-12-14(7-10)8-11(15)16/h6-7,9H,4-5,8H2,1-3H3,(H,15,16). The molecule has 0 amide bonds. The van der Waals surface area contributed by atoms with Gasteiger partial charge >= 0.3 is 5.97 Å². The highest BCUT2D eigenvalue weighted by molar-refractivity contribution is 7.89. The second-order valence-electron chi connectivity index (χ2n) is 4.26. The van der Waals surface area contributed by atoms with E-state index in [4.69, 9.17) is 5.11 Å². The Kier molecular flexibility index (Phi) is 5.07. The minimum absolute atomic E-state index is 0.0168. The van der Waals surface area contributed by atoms with E-state index < -0.39 is 16.0 Å². The molecule has 0 fully saturated rings. The van der Waals surface area contributed by atoms with Crippen LogP contribution < -0.4 is 0 Å². The van der Waals surface area contributed by atoms with Crippen LogP contribution in [0.25, 0.3) is 0 Å². The quantitative estimate of drug-likeness (QED) is 0.800. The van der Waals surface area contributed by atoms with E-state index in [0.717, 1.165) is 17.5 Å². The Hall–Kier alpha value is -1.41. The maximum absolute atomic E-state index is 12.3. The average Bonchev–Trinajstić information content (AvgIpc) is 2.78. The fourth-order valence-electron chi connectivity index (χ4n) is 1.87. The lowest BCUT2D eigenvalue weighted by Crippen LogP contribution is -2.36. The summed E-state index contributed by atoms with van der Waals surface area (Å²) in [5.41, 5.74) is 0. The van der Waals surface area contributed by atoms with E-state index in [1.165, 1.54) is 23.7 Å². The van der Waals surface area contributed by atoms with Gasteiger partial charge in [-0.2, -0.15) is 9.40 Å². The molecule has 0 aliphatic heterocycles. The van der Waals surface area contributed by atoms with E-state index in [-0.39, 0.29) is 17.5 Å². The fraction of sp³-hybridized carbons (Fsp3) is 0.636. The van der Waals surface area contributed by atoms with Crippen LogP contribution in [-0.2, 0) is 21.4 Å². The van der Waals surface area contributed by atoms with Crippen LogP contribution in [-0.4, -0.2) is 46.7 Å². The fourth-order valence-corrected chi connectivity index (χ4v) is 3.33. The molecular weight excluding hydrogens is 270 g/mol. The van der Waals surface area contributed by atoms with Crippen LogP contribution in [0.3, 0.4) is 0 Å². The zero-order chi connectivity index (χ0) is 14.6. The van der Waals surface area contributed by atoms with Gasteiger partial charge in [0.1, 0.15) is 11.4 Å². The topological polar surface area (TPSA) is 92.5 Å². The van der Waals surface area contributed by atoms with Gasteiger partial charge in [0.25, 0.3) is 0 Å². The van der Waals surface area contributed by atoms with E-state index in [9.17, 15) is 13.2 Å². The summed E-state index contributed by atoms with van der Waals surface area (Å²) in [7, 11) is -2.09. The summed E-state index contributed by atoms with van der Waals surface area (Å²) >= 11 is 0. The molecule has 108 valence electrons. The smallest absolute Gasteiger partial charge is 0.325 e. The van der Waals surface area contributed by atoms with Gasteiger partial charge in [-0.15, -0.1) is 0 Å². The first-order valence-corrected chi connectivity index (χ1v) is 7.49. The molecule has 1 heterocycles. The van der Waals surface area contributed by atoms with E-state index >= 15 is 0 Å². The van der Waals surface area contributed by atoms with Crippen molar-refractivity contribution in [2.45, 2.75) is 44.2 Å². The second-order valence-corrected chi connectivity index (χ2v) is 6.26. The monoisotopic (exact) mass is 289 g/mol. The molecule has 0 aliphatic rings. The molecule has 19 heavy (non-hydrogen) atoms. The number of aliphatic carboxylic acids is 1. The molecule has 0 bridgehead atoms. The van der Waals surface area contributed by atoms with Gasteiger partial charge in [0.2, 0.25) is 10.0 Å². The van der Waals surface area contributed by atoms with E-state index in [1.54, 1.807) is 0 Å². The Bertz CT molecular complexity index is 534. The van der Waals surface area contributed by atoms with Crippen molar-refractivity contribution >= 4 is 16.0 Å². The summed E-state index contributed by atoms with van der Waals surface area (Å²) in [5.74, 6) is -1.07. The van der Waals surface area contributed by atoms with Crippen LogP contribution in [0.15, 0.2) is 17.3 Å². The van der Waals surface area contributed by atoms with Crippen LogP contribution in [0.5, 0.6) is 0 Å². The number of sulfonamides is 1. The van der Waals surface area contributed by atoms with Crippen molar-refractivity contribution in [3.05, 3.63) is 12.4 Å². The van der Waals surface area contributed by atoms with Crippen LogP contribution in [0.1, 0.15) is 26.7 Å². The van der Waals surface area contributed by atoms with E-state index in [2.05, 4.69) is 5.10 Å². The highest BCUT2D eigenvalue weighted by atomic mass is 32.2. The van der Waals surface area contributed by atoms with Gasteiger partial charge in [0.15, 0.2) is 0 Å². The van der Waals surface area contributed by atoms with Crippen LogP contribution in [0.4, 0.5) is 0 Å². The largest absolute Gasteiger partial charge is 0.480 e. The van der Waals surface area contributed by atoms with Gasteiger partial charge in [-0.3, -0.25) is 9.48 Å². The molecule has 0 aromatic carbocycles. The summed E-state index contributed by atoms with van der Waals surface area (Å²) in [6.07, 6.45) is 3.85. The Morgan fingerprint density at radius 1 is 1.47 bits per heavy atom. The van der Waals surface area contributed by atoms with Crippen molar-refractivity contribution in [2.75, 3.05) is 7.05 Å². The molecule has 1 N–H and O–H groups in total. The van der Waals surface area contributed by atoms with Crippen molar-refractivity contribution in [1.82, 2.24) is 14.1 Å². The molecule has 0 aliphatic carbocycles. The number of carbonyl (C=O) groups is 1. The third kappa shape index (κ3) is 3.54. The normalized spacial score (nSPS) is 12.3. The number of carboxylic acid groups (broad SMARTS) is 1. The Morgan fingerprint density at radius 2 is 2.05 bits per heavy atom. The van der Waals surface area contributed by atoms with Crippen LogP contribution >= 0.6 is 0 Å². The Morgan fingerprint density at radius 3 is 2.53 bits per heavy atom. The summed E-state index contributed by atoms with van der Waals surface area (Å²) in [4.78, 5) is 10.6. The summed E-state index contributed by atoms with van der Waals surface area (Å²) in [6.45, 7) is 3.49. The summed E-state index contributed by atoms with van der Waals surface area (Å²) < 4.78 is 27.0. The second kappa shape index (κ2) is 6.16. The van der Waals surface area contributed by atoms with Crippen molar-refractivity contribution in [3.63, 3.8) is 0 Å². The molecule has 1 aromatic heterocycles. The number of hydrogen-bond donors (Lipinski definition) is 1. The number of carboxylic acids is 1. The van der Waals surface area contributed by atoms with Crippen LogP contribution in [0, 0.1) is 0 Å². The maximum Gasteiger partial charge on any atom is 0.325 e. The molecule has 8 heteroatoms. The Labute approximate surface area is 112 Å². The van der Waals surface area contributed by atoms with Crippen molar-refractivity contribution < 1.29 is 18.3 Å². The maximum atomic E-state index is 12.3. The van der Waals surface area contributed by atoms with Gasteiger partial charge < -0.3 is 5.11 Å². The van der Waals surface area contributed by atoms with Gasteiger partial charge in [-0.1, -0.05) is 13.8 Å². The summed E-state index contributed by atoms with van der Waals surface area (Å²) in [6, 6.07) is -0.0761. The predicted molar refractivity (Wildman–Crippen MR) is 69.2 cm³/mol. The van der Waals surface area contributed by atoms with E-state index in [1.807, 2.05) is 13.8 Å². The minimum atomic E-state index is -3.62. The van der Waals surface area contributed by atoms with Gasteiger partial charge in [0.05, 0.1) is 6.20 Å². The van der Waals surface area contributed by atoms with Gasteiger partial charge in [0, 0.05) is 19.3 Å². The molecule has 7 nitrogen and oxygen atoms in total. The highest BCUT2D eigenvalue weighted by Crippen LogP contribution is 2.18. The lowest BCUT2D eigenvalue weighted by atomic mass is 10.2. The van der Waals surface area contributed by atoms with Crippen molar-refractivity contribution in [1.29, 1.82) is 0 Å². The lowest BCUT2D eigenvalue weighted by Gasteiger charge is -2.24. The van der Waals surface area contributed by atoms with Gasteiger partial charge in [-0.25, -0.2) is 8.42 Å². The predicted octanol–water partition coefficient (Wildman–Crippen LogP) is 0.777. The third-order valence-corrected chi connectivity index (χ3v) is 4.90. The molecule has 1 rings (SSSR count). The SMILES string of the molecule is CCC(CC)N(C)S(=O)(=O)c1cnn(CC(=O)O)c1. The molecule has 0 unspecified atom stereocenters. The van der Waals surface area contributed by atoms with Crippen molar-refractivity contribution in [3.8, 4) is 0 Å². The van der Waals surface area contributed by atoms with E-state index in [0.29, 0.717) is 0 Å². The zero-order valence-electron chi connectivity index (χ0n) is 11.3. The first-order valence-electron chi connectivity index (χ1n) is 6.05. The van der Waals surface area contributed by atoms with Crippen molar-refractivity contribution in [2.24, 2.45) is 0 Å². The first-order chi connectivity index (χ1) is 8.82. The zero-order valence-corrected chi connectivity index (χ0v) is 12.1. The number of hydrogen-bond acceptors (Lipinski definition) is 4. The van der Waals surface area contributed by atoms with Crippen LogP contribution in [0.2, 0.25) is 0 Å². The Balaban J connectivity index is 3.00. The molecule has 0 radical (unpaired) electrons. The number of aromatic nitrogens is 2. The third-order valence-electron chi connectivity index (χ3n) is 3.04. The minimum Gasteiger partial charge on any atom is -0.480 e. The molecular formula is C11H19N3O4S. The molecule has 0 saturated heterocycles. The average molecular weight is 289 g/mol. The molecule has 0 atom stereocenters. The number of rotatable bonds is 7. The molecule has 1 aromatic rings. The lowest BCUT2D eigenvalue weighted by molar-refractivity contribution is -0.137. The van der Waals surface area contributed by atoms with Gasteiger partial charge in [-0.05, 0) is 12.8 Å². The summed E-state index contributed by atoms with van der Waals surface area (Å²) in [5, 5.41) is 12.4. The molecule has 0 spiro atoms. The first kappa shape index (κ1) is 15.6. The molecule has 0 saturated carbocycles. The number of nitrogens with zero attached hydrogens (tertiary/aromatic N) is 3. The highest BCUT2D eigenvalue weighted by Gasteiger charge is 2.27.